The van der Waals surface area contributed by atoms with Crippen molar-refractivity contribution >= 4 is 60.0 Å². The van der Waals surface area contributed by atoms with Crippen molar-refractivity contribution in [1.82, 2.24) is 0 Å². The number of aryl methyl sites for hydroxylation is 5. The molecule has 0 aromatic heterocycles. The van der Waals surface area contributed by atoms with Crippen molar-refractivity contribution in [2.75, 3.05) is 33.7 Å². The van der Waals surface area contributed by atoms with Crippen molar-refractivity contribution in [3.05, 3.63) is 116 Å². The van der Waals surface area contributed by atoms with Crippen LogP contribution in [-0.2, 0) is 27.1 Å². The number of rotatable bonds is 2. The Bertz CT molecular complexity index is 3320. The summed E-state index contributed by atoms with van der Waals surface area (Å²) < 4.78 is 40.0. The Hall–Kier alpha value is -6.55. The SMILES string of the molecule is C/C=[N+]1/COc2c1cc(C)cc2C(C)(C)C.C/C=[N+]1/COc2c1cc(C)cc2C(C)(C)C.C=[N+]1COc2c1cc(C)cc2C(C)(C)C.CC/C=[N+]1/COc2c1cc(C)cc2C(C)(C)C.Cc1cc2c(c(C(C)(C)C)c1)OC/[N+]2=C/C1CCCCC1. The number of nitrogens with zero attached hydrogens (tertiary/aromatic N) is 5. The number of fused-ring (bicyclic) bond motifs is 5. The number of benzene rings is 5. The van der Waals surface area contributed by atoms with Gasteiger partial charge < -0.3 is 23.7 Å². The minimum Gasteiger partial charge on any atom is -0.429 e. The molecule has 0 unspecified atom stereocenters. The predicted octanol–water partition coefficient (Wildman–Crippen LogP) is 18.4. The van der Waals surface area contributed by atoms with E-state index in [-0.39, 0.29) is 27.1 Å². The normalized spacial score (nSPS) is 17.9. The van der Waals surface area contributed by atoms with E-state index >= 15 is 0 Å². The third-order valence-electron chi connectivity index (χ3n) is 16.5. The molecule has 5 aromatic rings. The molecule has 0 N–H and O–H groups in total. The van der Waals surface area contributed by atoms with Crippen molar-refractivity contribution in [3.8, 4) is 28.7 Å². The van der Waals surface area contributed by atoms with Crippen molar-refractivity contribution in [2.24, 2.45) is 5.92 Å². The first-order chi connectivity index (χ1) is 39.6. The van der Waals surface area contributed by atoms with Gasteiger partial charge in [-0.15, -0.1) is 0 Å². The van der Waals surface area contributed by atoms with Crippen LogP contribution in [0.3, 0.4) is 0 Å². The summed E-state index contributed by atoms with van der Waals surface area (Å²) in [6.07, 6.45) is 16.6. The van der Waals surface area contributed by atoms with E-state index < -0.39 is 0 Å². The van der Waals surface area contributed by atoms with Gasteiger partial charge in [0, 0.05) is 84.3 Å². The third-order valence-corrected chi connectivity index (χ3v) is 16.5. The molecule has 11 rings (SSSR count). The molecule has 85 heavy (non-hydrogen) atoms. The van der Waals surface area contributed by atoms with Crippen LogP contribution < -0.4 is 23.7 Å². The van der Waals surface area contributed by atoms with Crippen LogP contribution in [0.25, 0.3) is 0 Å². The highest BCUT2D eigenvalue weighted by molar-refractivity contribution is 5.66. The van der Waals surface area contributed by atoms with Gasteiger partial charge in [-0.3, -0.25) is 0 Å². The summed E-state index contributed by atoms with van der Waals surface area (Å²) in [7, 11) is 0. The largest absolute Gasteiger partial charge is 0.429 e. The Morgan fingerprint density at radius 1 is 0.388 bits per heavy atom. The van der Waals surface area contributed by atoms with E-state index in [4.69, 9.17) is 23.7 Å². The predicted molar refractivity (Wildman–Crippen MR) is 356 cm³/mol. The van der Waals surface area contributed by atoms with E-state index in [9.17, 15) is 0 Å². The molecule has 0 amide bonds. The molecule has 0 atom stereocenters. The zero-order valence-corrected chi connectivity index (χ0v) is 56.9. The van der Waals surface area contributed by atoms with Gasteiger partial charge in [0.2, 0.25) is 28.7 Å². The van der Waals surface area contributed by atoms with Crippen molar-refractivity contribution in [2.45, 2.75) is 225 Å². The van der Waals surface area contributed by atoms with E-state index in [0.717, 1.165) is 46.8 Å². The maximum absolute atomic E-state index is 6.06. The fourth-order valence-corrected chi connectivity index (χ4v) is 11.9. The third kappa shape index (κ3) is 15.7. The molecule has 5 aliphatic heterocycles. The molecule has 0 saturated heterocycles. The Kier molecular flexibility index (Phi) is 20.3. The van der Waals surface area contributed by atoms with Crippen LogP contribution in [0.5, 0.6) is 28.7 Å². The van der Waals surface area contributed by atoms with Gasteiger partial charge in [-0.25, -0.2) is 0 Å². The van der Waals surface area contributed by atoms with Crippen LogP contribution in [0, 0.1) is 40.5 Å². The maximum atomic E-state index is 6.06. The summed E-state index contributed by atoms with van der Waals surface area (Å²) >= 11 is 0. The van der Waals surface area contributed by atoms with Crippen LogP contribution >= 0.6 is 0 Å². The summed E-state index contributed by atoms with van der Waals surface area (Å²) in [5.41, 5.74) is 19.6. The average molecular weight is 1160 g/mol. The lowest BCUT2D eigenvalue weighted by molar-refractivity contribution is -0.455. The molecular formula is C75H108N5O5+5. The van der Waals surface area contributed by atoms with Gasteiger partial charge in [0.15, 0.2) is 6.21 Å². The number of hydrogen-bond acceptors (Lipinski definition) is 5. The Morgan fingerprint density at radius 3 is 0.976 bits per heavy atom. The smallest absolute Gasteiger partial charge is 0.292 e. The van der Waals surface area contributed by atoms with E-state index in [0.29, 0.717) is 33.7 Å². The van der Waals surface area contributed by atoms with Crippen LogP contribution in [0.1, 0.15) is 219 Å². The summed E-state index contributed by atoms with van der Waals surface area (Å²) in [6, 6.07) is 22.2. The lowest BCUT2D eigenvalue weighted by Gasteiger charge is -2.20. The highest BCUT2D eigenvalue weighted by Gasteiger charge is 2.37. The zero-order valence-electron chi connectivity index (χ0n) is 56.9. The average Bonchev–Trinajstić information content (AvgIpc) is 2.37. The second-order valence-corrected chi connectivity index (χ2v) is 29.5. The Morgan fingerprint density at radius 2 is 0.659 bits per heavy atom. The molecular weight excluding hydrogens is 1050 g/mol. The van der Waals surface area contributed by atoms with Crippen LogP contribution in [0.2, 0.25) is 0 Å². The van der Waals surface area contributed by atoms with E-state index in [1.54, 1.807) is 0 Å². The van der Waals surface area contributed by atoms with Gasteiger partial charge in [-0.1, -0.05) is 160 Å². The lowest BCUT2D eigenvalue weighted by Crippen LogP contribution is -2.15. The molecule has 0 bridgehead atoms. The van der Waals surface area contributed by atoms with Gasteiger partial charge in [0.1, 0.15) is 25.4 Å². The van der Waals surface area contributed by atoms with Gasteiger partial charge in [-0.05, 0) is 102 Å². The van der Waals surface area contributed by atoms with E-state index in [1.807, 2.05) is 18.4 Å². The molecule has 10 heteroatoms. The van der Waals surface area contributed by atoms with E-state index in [2.05, 4.69) is 256 Å². The second-order valence-electron chi connectivity index (χ2n) is 29.5. The van der Waals surface area contributed by atoms with Gasteiger partial charge in [0.25, 0.3) is 62.1 Å². The molecule has 0 radical (unpaired) electrons. The highest BCUT2D eigenvalue weighted by Crippen LogP contribution is 2.47. The first kappa shape index (κ1) is 66.0. The van der Waals surface area contributed by atoms with Gasteiger partial charge in [-0.2, -0.15) is 22.9 Å². The van der Waals surface area contributed by atoms with Gasteiger partial charge >= 0.3 is 0 Å². The fourth-order valence-electron chi connectivity index (χ4n) is 11.9. The topological polar surface area (TPSA) is 61.2 Å². The first-order valence-corrected chi connectivity index (χ1v) is 31.5. The molecule has 458 valence electrons. The molecule has 6 aliphatic rings. The molecule has 5 aromatic carbocycles. The summed E-state index contributed by atoms with van der Waals surface area (Å²) in [5, 5.41) is 0. The number of ether oxygens (including phenoxy) is 5. The summed E-state index contributed by atoms with van der Waals surface area (Å²) in [4.78, 5) is 0. The molecule has 1 fully saturated rings. The molecule has 1 aliphatic carbocycles. The minimum atomic E-state index is 0.112. The van der Waals surface area contributed by atoms with Crippen LogP contribution in [0.4, 0.5) is 28.4 Å². The molecule has 10 nitrogen and oxygen atoms in total. The highest BCUT2D eigenvalue weighted by atomic mass is 16.5. The van der Waals surface area contributed by atoms with Crippen LogP contribution in [0.15, 0.2) is 60.7 Å². The van der Waals surface area contributed by atoms with Crippen molar-refractivity contribution < 1.29 is 46.6 Å². The molecule has 1 saturated carbocycles. The molecule has 5 heterocycles. The monoisotopic (exact) mass is 1160 g/mol. The van der Waals surface area contributed by atoms with E-state index in [1.165, 1.54) is 110 Å². The Labute approximate surface area is 513 Å². The van der Waals surface area contributed by atoms with Crippen molar-refractivity contribution in [3.63, 3.8) is 0 Å². The number of hydrogen-bond donors (Lipinski definition) is 0. The maximum Gasteiger partial charge on any atom is 0.292 e. The Balaban J connectivity index is 0.000000153. The van der Waals surface area contributed by atoms with Crippen molar-refractivity contribution in [1.29, 1.82) is 0 Å². The quantitative estimate of drug-likeness (QED) is 0.165. The first-order valence-electron chi connectivity index (χ1n) is 31.5. The van der Waals surface area contributed by atoms with Crippen LogP contribution in [-0.4, -0.2) is 88.1 Å². The second kappa shape index (κ2) is 26.2. The zero-order chi connectivity index (χ0) is 62.7. The summed E-state index contributed by atoms with van der Waals surface area (Å²) in [6.45, 7) is 57.5. The molecule has 0 spiro atoms. The fraction of sp³-hybridized carbons (Fsp3) is 0.533. The summed E-state index contributed by atoms with van der Waals surface area (Å²) in [5.74, 6) is 6.00. The lowest BCUT2D eigenvalue weighted by atomic mass is 9.85. The van der Waals surface area contributed by atoms with Gasteiger partial charge in [0.05, 0.1) is 0 Å². The minimum absolute atomic E-state index is 0.112. The standard InChI is InChI=1S/C19H28NO.C15H22NO.2C14H20NO.C13H18NO/c1-14-10-16(19(2,3)4)18-17(11-14)20(13-21-18)12-15-8-6-5-7-9-15;1-6-7-16-10-17-14-12(15(3,4)5)8-11(2)9-13(14)16;2*1-6-15-9-16-13-11(14(3,4)5)7-10(2)8-12(13)15;1-9-6-10(13(2,3)4)12-11(7-9)14(5)8-15-12/h10-12,15H,5-9,13H2,1-4H3;7-9H,6,10H2,1-5H3;2*6-8H,9H2,1-5H3;6-7H,5,8H2,1-4H3/q5*+1/b20-12-;16-7-;2*15-6-;.